The quantitative estimate of drug-likeness (QED) is 0.480. The molecule has 4 rings (SSSR count). The van der Waals surface area contributed by atoms with E-state index in [1.54, 1.807) is 12.1 Å². The maximum atomic E-state index is 13.2. The first-order valence-electron chi connectivity index (χ1n) is 9.24. The summed E-state index contributed by atoms with van der Waals surface area (Å²) < 4.78 is 21.0. The van der Waals surface area contributed by atoms with Gasteiger partial charge in [-0.25, -0.2) is 4.39 Å². The van der Waals surface area contributed by atoms with Crippen LogP contribution in [0.1, 0.15) is 48.5 Å². The second-order valence-electron chi connectivity index (χ2n) is 7.05. The Kier molecular flexibility index (Phi) is 4.77. The number of hydrogen-bond donors (Lipinski definition) is 0. The molecule has 0 aliphatic carbocycles. The lowest BCUT2D eigenvalue weighted by molar-refractivity contribution is 0.490. The number of nitrogens with zero attached hydrogens (tertiary/aromatic N) is 4. The fourth-order valence-electron chi connectivity index (χ4n) is 3.22. The monoisotopic (exact) mass is 376 g/mol. The van der Waals surface area contributed by atoms with Gasteiger partial charge in [0, 0.05) is 17.5 Å². The Morgan fingerprint density at radius 2 is 1.93 bits per heavy atom. The normalized spacial score (nSPS) is 11.9. The summed E-state index contributed by atoms with van der Waals surface area (Å²) in [7, 11) is 0. The van der Waals surface area contributed by atoms with Gasteiger partial charge in [0.2, 0.25) is 11.8 Å². The number of para-hydroxylation sites is 1. The molecule has 0 fully saturated rings. The van der Waals surface area contributed by atoms with Crippen molar-refractivity contribution < 1.29 is 8.81 Å². The van der Waals surface area contributed by atoms with Gasteiger partial charge in [-0.15, -0.1) is 10.2 Å². The SMILES string of the molecule is Cc1cc(F)ccc1/C=C/c1nnc(Cc2nn(C(C)C)c3ccccc23)o1. The van der Waals surface area contributed by atoms with Crippen LogP contribution >= 0.6 is 0 Å². The molecule has 0 atom stereocenters. The zero-order valence-corrected chi connectivity index (χ0v) is 16.1. The van der Waals surface area contributed by atoms with Crippen LogP contribution in [0.25, 0.3) is 23.1 Å². The first-order chi connectivity index (χ1) is 13.5. The lowest BCUT2D eigenvalue weighted by Crippen LogP contribution is -2.03. The minimum absolute atomic E-state index is 0.247. The lowest BCUT2D eigenvalue weighted by Gasteiger charge is -2.06. The van der Waals surface area contributed by atoms with Gasteiger partial charge < -0.3 is 4.42 Å². The zero-order valence-electron chi connectivity index (χ0n) is 16.1. The molecule has 4 aromatic rings. The Labute approximate surface area is 162 Å². The van der Waals surface area contributed by atoms with Gasteiger partial charge in [0.1, 0.15) is 5.82 Å². The van der Waals surface area contributed by atoms with Crippen LogP contribution in [0.3, 0.4) is 0 Å². The van der Waals surface area contributed by atoms with E-state index in [9.17, 15) is 4.39 Å². The van der Waals surface area contributed by atoms with Gasteiger partial charge >= 0.3 is 0 Å². The second-order valence-corrected chi connectivity index (χ2v) is 7.05. The predicted molar refractivity (Wildman–Crippen MR) is 107 cm³/mol. The molecule has 0 saturated heterocycles. The molecule has 0 amide bonds. The van der Waals surface area contributed by atoms with Crippen molar-refractivity contribution in [1.82, 2.24) is 20.0 Å². The van der Waals surface area contributed by atoms with Crippen molar-refractivity contribution in [2.45, 2.75) is 33.2 Å². The molecule has 0 unspecified atom stereocenters. The van der Waals surface area contributed by atoms with E-state index in [4.69, 9.17) is 9.52 Å². The summed E-state index contributed by atoms with van der Waals surface area (Å²) in [6.45, 7) is 6.07. The fourth-order valence-corrected chi connectivity index (χ4v) is 3.22. The van der Waals surface area contributed by atoms with Gasteiger partial charge in [-0.3, -0.25) is 4.68 Å². The lowest BCUT2D eigenvalue weighted by atomic mass is 10.1. The van der Waals surface area contributed by atoms with Crippen LogP contribution < -0.4 is 0 Å². The largest absolute Gasteiger partial charge is 0.421 e. The number of aryl methyl sites for hydroxylation is 1. The van der Waals surface area contributed by atoms with Crippen LogP contribution in [0.4, 0.5) is 4.39 Å². The van der Waals surface area contributed by atoms with Crippen LogP contribution in [0.15, 0.2) is 46.9 Å². The van der Waals surface area contributed by atoms with E-state index in [2.05, 4.69) is 36.2 Å². The Morgan fingerprint density at radius 1 is 1.11 bits per heavy atom. The van der Waals surface area contributed by atoms with Gasteiger partial charge in [0.25, 0.3) is 0 Å². The molecule has 0 aliphatic rings. The molecule has 0 radical (unpaired) electrons. The van der Waals surface area contributed by atoms with Crippen molar-refractivity contribution in [3.63, 3.8) is 0 Å². The average Bonchev–Trinajstić information content (AvgIpc) is 3.26. The smallest absolute Gasteiger partial charge is 0.240 e. The van der Waals surface area contributed by atoms with Gasteiger partial charge in [-0.05, 0) is 56.2 Å². The first-order valence-corrected chi connectivity index (χ1v) is 9.24. The topological polar surface area (TPSA) is 56.7 Å². The predicted octanol–water partition coefficient (Wildman–Crippen LogP) is 5.21. The van der Waals surface area contributed by atoms with Crippen molar-refractivity contribution in [2.24, 2.45) is 0 Å². The number of aromatic nitrogens is 4. The highest BCUT2D eigenvalue weighted by atomic mass is 19.1. The summed E-state index contributed by atoms with van der Waals surface area (Å²) >= 11 is 0. The van der Waals surface area contributed by atoms with Crippen molar-refractivity contribution in [2.75, 3.05) is 0 Å². The maximum Gasteiger partial charge on any atom is 0.240 e. The fraction of sp³-hybridized carbons (Fsp3) is 0.227. The third kappa shape index (κ3) is 3.58. The molecule has 2 aromatic heterocycles. The van der Waals surface area contributed by atoms with Crippen LogP contribution in [0, 0.1) is 12.7 Å². The maximum absolute atomic E-state index is 13.2. The average molecular weight is 376 g/mol. The van der Waals surface area contributed by atoms with Crippen LogP contribution in [0.2, 0.25) is 0 Å². The number of rotatable bonds is 5. The molecule has 2 heterocycles. The van der Waals surface area contributed by atoms with E-state index in [0.29, 0.717) is 18.2 Å². The molecular formula is C22H21FN4O. The molecule has 0 aliphatic heterocycles. The third-order valence-corrected chi connectivity index (χ3v) is 4.62. The second kappa shape index (κ2) is 7.38. The third-order valence-electron chi connectivity index (χ3n) is 4.62. The Hall–Kier alpha value is -3.28. The van der Waals surface area contributed by atoms with Gasteiger partial charge in [-0.2, -0.15) is 5.10 Å². The number of halogens is 1. The highest BCUT2D eigenvalue weighted by Crippen LogP contribution is 2.23. The standard InChI is InChI=1S/C22H21FN4O/c1-14(2)27-20-7-5-4-6-18(20)19(26-27)13-22-25-24-21(28-22)11-9-16-8-10-17(23)12-15(16)3/h4-12,14H,13H2,1-3H3/b11-9+. The summed E-state index contributed by atoms with van der Waals surface area (Å²) in [5.41, 5.74) is 3.77. The van der Waals surface area contributed by atoms with Crippen molar-refractivity contribution in [1.29, 1.82) is 0 Å². The van der Waals surface area contributed by atoms with Crippen LogP contribution in [-0.4, -0.2) is 20.0 Å². The molecule has 0 N–H and O–H groups in total. The van der Waals surface area contributed by atoms with E-state index >= 15 is 0 Å². The van der Waals surface area contributed by atoms with E-state index in [-0.39, 0.29) is 11.9 Å². The summed E-state index contributed by atoms with van der Waals surface area (Å²) in [6, 6.07) is 13.1. The minimum Gasteiger partial charge on any atom is -0.421 e. The molecule has 2 aromatic carbocycles. The molecule has 0 bridgehead atoms. The molecule has 5 nitrogen and oxygen atoms in total. The van der Waals surface area contributed by atoms with Crippen molar-refractivity contribution in [3.8, 4) is 0 Å². The number of hydrogen-bond acceptors (Lipinski definition) is 4. The summed E-state index contributed by atoms with van der Waals surface area (Å²) in [5, 5.41) is 14.1. The minimum atomic E-state index is -0.247. The van der Waals surface area contributed by atoms with Gasteiger partial charge in [0.15, 0.2) is 0 Å². The van der Waals surface area contributed by atoms with Crippen molar-refractivity contribution >= 4 is 23.1 Å². The summed E-state index contributed by atoms with van der Waals surface area (Å²) in [4.78, 5) is 0. The first kappa shape index (κ1) is 18.1. The van der Waals surface area contributed by atoms with Gasteiger partial charge in [0.05, 0.1) is 17.6 Å². The number of fused-ring (bicyclic) bond motifs is 1. The molecule has 6 heteroatoms. The Bertz CT molecular complexity index is 1160. The van der Waals surface area contributed by atoms with Crippen LogP contribution in [0.5, 0.6) is 0 Å². The highest BCUT2D eigenvalue weighted by Gasteiger charge is 2.15. The van der Waals surface area contributed by atoms with Gasteiger partial charge in [-0.1, -0.05) is 24.3 Å². The van der Waals surface area contributed by atoms with E-state index in [1.165, 1.54) is 12.1 Å². The van der Waals surface area contributed by atoms with Crippen LogP contribution in [-0.2, 0) is 6.42 Å². The summed E-state index contributed by atoms with van der Waals surface area (Å²) in [5.74, 6) is 0.670. The van der Waals surface area contributed by atoms with E-state index in [0.717, 1.165) is 27.7 Å². The Balaban J connectivity index is 1.57. The molecule has 142 valence electrons. The Morgan fingerprint density at radius 3 is 2.71 bits per heavy atom. The molecule has 0 saturated carbocycles. The van der Waals surface area contributed by atoms with Crippen molar-refractivity contribution in [3.05, 3.63) is 76.9 Å². The van der Waals surface area contributed by atoms with E-state index < -0.39 is 0 Å². The number of benzene rings is 2. The molecule has 0 spiro atoms. The summed E-state index contributed by atoms with van der Waals surface area (Å²) in [6.07, 6.45) is 4.05. The zero-order chi connectivity index (χ0) is 19.7. The van der Waals surface area contributed by atoms with E-state index in [1.807, 2.05) is 29.8 Å². The molecular weight excluding hydrogens is 355 g/mol. The molecule has 28 heavy (non-hydrogen) atoms. The highest BCUT2D eigenvalue weighted by molar-refractivity contribution is 5.82.